The first-order valence-corrected chi connectivity index (χ1v) is 13.1. The van der Waals surface area contributed by atoms with Crippen molar-refractivity contribution < 1.29 is 13.2 Å². The van der Waals surface area contributed by atoms with Crippen LogP contribution in [0.3, 0.4) is 0 Å². The zero-order valence-corrected chi connectivity index (χ0v) is 22.8. The second-order valence-electron chi connectivity index (χ2n) is 7.72. The van der Waals surface area contributed by atoms with Crippen LogP contribution < -0.4 is 10.0 Å². The van der Waals surface area contributed by atoms with Crippen molar-refractivity contribution in [2.24, 2.45) is 0 Å². The van der Waals surface area contributed by atoms with Crippen LogP contribution in [0, 0.1) is 20.8 Å². The molecule has 0 radical (unpaired) electrons. The summed E-state index contributed by atoms with van der Waals surface area (Å²) in [7, 11) is -4.36. The van der Waals surface area contributed by atoms with Crippen molar-refractivity contribution in [3.8, 4) is 0 Å². The molecule has 0 bridgehead atoms. The lowest BCUT2D eigenvalue weighted by Gasteiger charge is -2.51. The largest absolute Gasteiger partial charge is 0.359 e. The third kappa shape index (κ3) is 4.50. The molecule has 3 rings (SSSR count). The topological polar surface area (TPSA) is 75.3 Å². The Morgan fingerprint density at radius 1 is 0.848 bits per heavy atom. The van der Waals surface area contributed by atoms with E-state index in [4.69, 9.17) is 69.6 Å². The summed E-state index contributed by atoms with van der Waals surface area (Å²) >= 11 is 38.5. The van der Waals surface area contributed by atoms with Crippen LogP contribution in [0.15, 0.2) is 57.4 Å². The summed E-state index contributed by atoms with van der Waals surface area (Å²) in [6.07, 6.45) is 0. The molecule has 0 saturated heterocycles. The van der Waals surface area contributed by atoms with E-state index < -0.39 is 40.2 Å². The average Bonchev–Trinajstić information content (AvgIpc) is 2.72. The quantitative estimate of drug-likeness (QED) is 0.316. The Hall–Kier alpha value is -0.700. The maximum absolute atomic E-state index is 13.4. The molecule has 2 aromatic rings. The number of benzene rings is 2. The van der Waals surface area contributed by atoms with E-state index in [1.165, 1.54) is 12.1 Å². The molecule has 178 valence electrons. The zero-order chi connectivity index (χ0) is 25.0. The molecule has 12 heteroatoms. The van der Waals surface area contributed by atoms with Gasteiger partial charge in [0.25, 0.3) is 0 Å². The minimum atomic E-state index is -4.36. The number of aryl methyl sites for hydroxylation is 3. The number of hydrogen-bond donors (Lipinski definition) is 2. The van der Waals surface area contributed by atoms with Gasteiger partial charge >= 0.3 is 0 Å². The number of rotatable bonds is 5. The van der Waals surface area contributed by atoms with Crippen LogP contribution in [0.5, 0.6) is 0 Å². The number of halogens is 6. The van der Waals surface area contributed by atoms with Gasteiger partial charge in [0.15, 0.2) is 5.66 Å². The molecule has 33 heavy (non-hydrogen) atoms. The molecular weight excluding hydrogens is 573 g/mol. The van der Waals surface area contributed by atoms with Gasteiger partial charge in [-0.05, 0) is 44.5 Å². The van der Waals surface area contributed by atoms with Crippen molar-refractivity contribution in [2.45, 2.75) is 40.0 Å². The maximum atomic E-state index is 13.4. The summed E-state index contributed by atoms with van der Waals surface area (Å²) in [5.74, 6) is -1.07. The molecule has 1 aliphatic carbocycles. The van der Waals surface area contributed by atoms with Gasteiger partial charge in [-0.3, -0.25) is 4.79 Å². The lowest BCUT2D eigenvalue weighted by Crippen LogP contribution is -2.73. The van der Waals surface area contributed by atoms with E-state index in [9.17, 15) is 13.2 Å². The van der Waals surface area contributed by atoms with Gasteiger partial charge in [-0.15, -0.1) is 0 Å². The van der Waals surface area contributed by atoms with Gasteiger partial charge < -0.3 is 5.32 Å². The van der Waals surface area contributed by atoms with Crippen molar-refractivity contribution in [3.63, 3.8) is 0 Å². The fraction of sp³-hybridized carbons (Fsp3) is 0.286. The SMILES string of the molecule is Cc1ccc(S(=O)(=O)N[C@@]2(Nc3ccc(C)cc3C)C(Cl)=C(Cl)C(=O)C(Cl)(Cl)C2(Cl)Cl)cc1. The number of carbonyl (C=O) groups excluding carboxylic acids is 1. The monoisotopic (exact) mass is 588 g/mol. The third-order valence-electron chi connectivity index (χ3n) is 5.19. The highest BCUT2D eigenvalue weighted by atomic mass is 35.5. The van der Waals surface area contributed by atoms with Crippen molar-refractivity contribution in [1.29, 1.82) is 0 Å². The molecule has 0 saturated carbocycles. The number of allylic oxidation sites excluding steroid dienone is 1. The second-order valence-corrected chi connectivity index (χ2v) is 12.8. The highest BCUT2D eigenvalue weighted by Gasteiger charge is 2.71. The summed E-state index contributed by atoms with van der Waals surface area (Å²) in [6, 6.07) is 11.2. The van der Waals surface area contributed by atoms with Crippen LogP contribution in [0.1, 0.15) is 16.7 Å². The van der Waals surface area contributed by atoms with Crippen LogP contribution in [-0.2, 0) is 14.8 Å². The molecule has 0 spiro atoms. The fourth-order valence-electron chi connectivity index (χ4n) is 3.32. The van der Waals surface area contributed by atoms with Gasteiger partial charge in [0.2, 0.25) is 24.5 Å². The van der Waals surface area contributed by atoms with E-state index in [2.05, 4.69) is 10.0 Å². The highest BCUT2D eigenvalue weighted by molar-refractivity contribution is 7.89. The highest BCUT2D eigenvalue weighted by Crippen LogP contribution is 2.58. The standard InChI is InChI=1S/C21H18Cl6N2O3S/c1-11-4-7-14(8-5-11)33(31,32)29-20(28-15-9-6-12(2)10-13(15)3)17(23)16(22)18(30)19(24,25)21(20,26)27/h4-10,28-29H,1-3H3/t20-/m0/s1. The molecule has 1 atom stereocenters. The normalized spacial score (nSPS) is 22.4. The molecule has 1 aliphatic rings. The Balaban J connectivity index is 2.31. The molecule has 2 aromatic carbocycles. The summed E-state index contributed by atoms with van der Waals surface area (Å²) < 4.78 is 24.1. The van der Waals surface area contributed by atoms with E-state index in [-0.39, 0.29) is 4.90 Å². The van der Waals surface area contributed by atoms with Crippen molar-refractivity contribution in [2.75, 3.05) is 5.32 Å². The number of anilines is 1. The molecular formula is C21H18Cl6N2O3S. The predicted molar refractivity (Wildman–Crippen MR) is 136 cm³/mol. The van der Waals surface area contributed by atoms with E-state index in [1.807, 2.05) is 13.0 Å². The van der Waals surface area contributed by atoms with Gasteiger partial charge in [-0.1, -0.05) is 105 Å². The first-order chi connectivity index (χ1) is 15.1. The van der Waals surface area contributed by atoms with E-state index in [1.54, 1.807) is 38.1 Å². The van der Waals surface area contributed by atoms with Crippen LogP contribution in [0.25, 0.3) is 0 Å². The van der Waals surface area contributed by atoms with Gasteiger partial charge in [-0.25, -0.2) is 8.42 Å². The lowest BCUT2D eigenvalue weighted by atomic mass is 9.91. The molecule has 0 fully saturated rings. The average molecular weight is 591 g/mol. The fourth-order valence-corrected chi connectivity index (χ4v) is 6.63. The van der Waals surface area contributed by atoms with Crippen molar-refractivity contribution >= 4 is 91.1 Å². The van der Waals surface area contributed by atoms with Crippen LogP contribution in [0.4, 0.5) is 5.69 Å². The number of alkyl halides is 4. The number of hydrogen-bond acceptors (Lipinski definition) is 4. The molecule has 5 nitrogen and oxygen atoms in total. The van der Waals surface area contributed by atoms with Gasteiger partial charge in [0, 0.05) is 5.69 Å². The number of ketones is 1. The summed E-state index contributed by atoms with van der Waals surface area (Å²) in [5.41, 5.74) is 0.526. The second kappa shape index (κ2) is 9.07. The van der Waals surface area contributed by atoms with Crippen molar-refractivity contribution in [1.82, 2.24) is 4.72 Å². The number of Topliss-reactive ketones (excluding diaryl/α,β-unsaturated/α-hetero) is 1. The number of nitrogens with one attached hydrogen (secondary N) is 2. The van der Waals surface area contributed by atoms with Crippen LogP contribution >= 0.6 is 69.6 Å². The zero-order valence-electron chi connectivity index (χ0n) is 17.4. The Labute approximate surface area is 222 Å². The van der Waals surface area contributed by atoms with Gasteiger partial charge in [0.1, 0.15) is 5.03 Å². The van der Waals surface area contributed by atoms with E-state index in [0.717, 1.165) is 11.1 Å². The number of carbonyl (C=O) groups is 1. The van der Waals surface area contributed by atoms with E-state index in [0.29, 0.717) is 11.3 Å². The molecule has 2 N–H and O–H groups in total. The predicted octanol–water partition coefficient (Wildman–Crippen LogP) is 6.32. The first kappa shape index (κ1) is 26.9. The third-order valence-corrected chi connectivity index (χ3v) is 10.0. The van der Waals surface area contributed by atoms with Crippen molar-refractivity contribution in [3.05, 3.63) is 69.2 Å². The summed E-state index contributed by atoms with van der Waals surface area (Å²) in [5, 5.41) is 1.78. The van der Waals surface area contributed by atoms with Crippen LogP contribution in [-0.4, -0.2) is 28.5 Å². The summed E-state index contributed by atoms with van der Waals surface area (Å²) in [6.45, 7) is 5.45. The van der Waals surface area contributed by atoms with Gasteiger partial charge in [-0.2, -0.15) is 4.72 Å². The Bertz CT molecular complexity index is 1260. The Morgan fingerprint density at radius 2 is 1.39 bits per heavy atom. The minimum Gasteiger partial charge on any atom is -0.359 e. The maximum Gasteiger partial charge on any atom is 0.242 e. The summed E-state index contributed by atoms with van der Waals surface area (Å²) in [4.78, 5) is 12.6. The van der Waals surface area contributed by atoms with E-state index >= 15 is 0 Å². The Morgan fingerprint density at radius 3 is 1.94 bits per heavy atom. The first-order valence-electron chi connectivity index (χ1n) is 9.39. The lowest BCUT2D eigenvalue weighted by molar-refractivity contribution is -0.116. The molecule has 0 aliphatic heterocycles. The molecule has 0 heterocycles. The van der Waals surface area contributed by atoms with Gasteiger partial charge in [0.05, 0.1) is 9.93 Å². The van der Waals surface area contributed by atoms with Crippen LogP contribution in [0.2, 0.25) is 0 Å². The number of sulfonamides is 1. The Kier molecular flexibility index (Phi) is 7.39. The molecule has 0 unspecified atom stereocenters. The molecule has 0 aromatic heterocycles. The molecule has 0 amide bonds. The minimum absolute atomic E-state index is 0.119. The smallest absolute Gasteiger partial charge is 0.242 e.